The molecular formula is C62H69BN2S. The molecule has 2 aliphatic heterocycles. The summed E-state index contributed by atoms with van der Waals surface area (Å²) in [7, 11) is 0. The zero-order chi connectivity index (χ0) is 46.4. The molecule has 1 aromatic heterocycles. The van der Waals surface area contributed by atoms with Crippen molar-refractivity contribution in [1.82, 2.24) is 0 Å². The number of fused-ring (bicyclic) bond motifs is 10. The van der Waals surface area contributed by atoms with E-state index in [1.165, 1.54) is 154 Å². The molecule has 0 unspecified atom stereocenters. The molecule has 0 saturated heterocycles. The Morgan fingerprint density at radius 1 is 0.409 bits per heavy atom. The number of rotatable bonds is 2. The van der Waals surface area contributed by atoms with Crippen molar-refractivity contribution in [3.05, 3.63) is 136 Å². The molecule has 336 valence electrons. The average molecular weight is 885 g/mol. The molecule has 12 rings (SSSR count). The third kappa shape index (κ3) is 5.85. The molecule has 4 heteroatoms. The Bertz CT molecular complexity index is 3260. The predicted molar refractivity (Wildman–Crippen MR) is 289 cm³/mol. The van der Waals surface area contributed by atoms with Crippen LogP contribution in [0.2, 0.25) is 0 Å². The highest BCUT2D eigenvalue weighted by molar-refractivity contribution is 7.26. The molecule has 0 N–H and O–H groups in total. The fourth-order valence-corrected chi connectivity index (χ4v) is 14.8. The van der Waals surface area contributed by atoms with Crippen molar-refractivity contribution in [3.8, 4) is 0 Å². The SMILES string of the molecule is Cc1cc2c3c(c1)N(c1cccc4c1sc1ccccc14)c1cc4c(cc1B3c1cc3c(cc1N2c1cc2c(cc1C)C(C)(C)CCC2(C)C)C(C)(C)CCC3(C)C)C(C)(C)CCC4(C)C. The second-order valence-electron chi connectivity index (χ2n) is 25.5. The lowest BCUT2D eigenvalue weighted by molar-refractivity contribution is 0.331. The molecule has 0 amide bonds. The average Bonchev–Trinajstić information content (AvgIpc) is 3.64. The lowest BCUT2D eigenvalue weighted by atomic mass is 9.32. The number of benzene rings is 6. The molecule has 3 aliphatic carbocycles. The van der Waals surface area contributed by atoms with Crippen molar-refractivity contribution in [1.29, 1.82) is 0 Å². The minimum atomic E-state index is 0.0650. The lowest BCUT2D eigenvalue weighted by Gasteiger charge is -2.49. The Kier molecular flexibility index (Phi) is 8.68. The Balaban J connectivity index is 1.24. The molecule has 0 fully saturated rings. The third-order valence-corrected chi connectivity index (χ3v) is 19.4. The maximum absolute atomic E-state index is 2.76. The minimum Gasteiger partial charge on any atom is -0.311 e. The highest BCUT2D eigenvalue weighted by Crippen LogP contribution is 2.56. The van der Waals surface area contributed by atoms with E-state index < -0.39 is 0 Å². The van der Waals surface area contributed by atoms with Crippen molar-refractivity contribution in [2.24, 2.45) is 0 Å². The van der Waals surface area contributed by atoms with Crippen molar-refractivity contribution in [2.75, 3.05) is 9.80 Å². The summed E-state index contributed by atoms with van der Waals surface area (Å²) in [6.07, 6.45) is 7.15. The molecule has 0 spiro atoms. The van der Waals surface area contributed by atoms with E-state index in [0.717, 1.165) is 0 Å². The van der Waals surface area contributed by atoms with Gasteiger partial charge in [-0.1, -0.05) is 132 Å². The second-order valence-corrected chi connectivity index (χ2v) is 26.5. The first kappa shape index (κ1) is 42.6. The summed E-state index contributed by atoms with van der Waals surface area (Å²) in [5, 5.41) is 2.69. The van der Waals surface area contributed by atoms with Gasteiger partial charge in [0, 0.05) is 43.9 Å². The molecule has 0 radical (unpaired) electrons. The topological polar surface area (TPSA) is 6.48 Å². The largest absolute Gasteiger partial charge is 0.311 e. The quantitative estimate of drug-likeness (QED) is 0.160. The highest BCUT2D eigenvalue weighted by atomic mass is 32.1. The fraction of sp³-hybridized carbons (Fsp3) is 0.419. The number of nitrogens with zero attached hydrogens (tertiary/aromatic N) is 2. The zero-order valence-electron chi connectivity index (χ0n) is 42.3. The Hall–Kier alpha value is -4.80. The van der Waals surface area contributed by atoms with Gasteiger partial charge in [0.2, 0.25) is 0 Å². The van der Waals surface area contributed by atoms with Gasteiger partial charge in [0.25, 0.3) is 6.71 Å². The highest BCUT2D eigenvalue weighted by Gasteiger charge is 2.49. The van der Waals surface area contributed by atoms with Gasteiger partial charge in [0.15, 0.2) is 0 Å². The molecule has 0 atom stereocenters. The van der Waals surface area contributed by atoms with Crippen LogP contribution >= 0.6 is 11.3 Å². The molecular weight excluding hydrogens is 816 g/mol. The second kappa shape index (κ2) is 13.5. The molecule has 0 saturated carbocycles. The summed E-state index contributed by atoms with van der Waals surface area (Å²) in [4.78, 5) is 5.49. The number of hydrogen-bond donors (Lipinski definition) is 0. The summed E-state index contributed by atoms with van der Waals surface area (Å²) in [5.41, 5.74) is 24.7. The number of thiophene rings is 1. The first-order valence-electron chi connectivity index (χ1n) is 25.2. The Labute approximate surface area is 399 Å². The summed E-state index contributed by atoms with van der Waals surface area (Å²) in [6, 6.07) is 37.2. The molecule has 5 aliphatic rings. The van der Waals surface area contributed by atoms with Crippen LogP contribution in [0.15, 0.2) is 91.0 Å². The number of aryl methyl sites for hydroxylation is 2. The minimum absolute atomic E-state index is 0.0650. The number of anilines is 6. The number of hydrogen-bond acceptors (Lipinski definition) is 3. The van der Waals surface area contributed by atoms with Gasteiger partial charge >= 0.3 is 0 Å². The summed E-state index contributed by atoms with van der Waals surface area (Å²) >= 11 is 1.95. The van der Waals surface area contributed by atoms with Crippen LogP contribution < -0.4 is 26.2 Å². The maximum atomic E-state index is 2.76. The van der Waals surface area contributed by atoms with E-state index in [-0.39, 0.29) is 39.2 Å². The Morgan fingerprint density at radius 3 is 1.32 bits per heavy atom. The van der Waals surface area contributed by atoms with Gasteiger partial charge in [0.1, 0.15) is 0 Å². The fourth-order valence-electron chi connectivity index (χ4n) is 13.6. The molecule has 7 aromatic rings. The molecule has 2 nitrogen and oxygen atoms in total. The van der Waals surface area contributed by atoms with E-state index in [9.17, 15) is 0 Å². The van der Waals surface area contributed by atoms with Crippen LogP contribution in [-0.2, 0) is 32.5 Å². The normalized spacial score (nSPS) is 20.8. The van der Waals surface area contributed by atoms with Crippen LogP contribution in [0.4, 0.5) is 34.1 Å². The maximum Gasteiger partial charge on any atom is 0.252 e. The van der Waals surface area contributed by atoms with E-state index in [4.69, 9.17) is 0 Å². The van der Waals surface area contributed by atoms with Gasteiger partial charge in [-0.15, -0.1) is 11.3 Å². The van der Waals surface area contributed by atoms with Gasteiger partial charge in [-0.3, -0.25) is 0 Å². The zero-order valence-corrected chi connectivity index (χ0v) is 43.1. The van der Waals surface area contributed by atoms with E-state index in [0.29, 0.717) is 0 Å². The van der Waals surface area contributed by atoms with E-state index >= 15 is 0 Å². The third-order valence-electron chi connectivity index (χ3n) is 18.2. The van der Waals surface area contributed by atoms with Crippen LogP contribution in [-0.4, -0.2) is 6.71 Å². The van der Waals surface area contributed by atoms with Gasteiger partial charge in [-0.25, -0.2) is 0 Å². The van der Waals surface area contributed by atoms with E-state index in [1.54, 1.807) is 0 Å². The van der Waals surface area contributed by atoms with Crippen molar-refractivity contribution >= 4 is 88.7 Å². The Morgan fingerprint density at radius 2 is 0.818 bits per heavy atom. The molecule has 0 bridgehead atoms. The van der Waals surface area contributed by atoms with Crippen molar-refractivity contribution < 1.29 is 0 Å². The van der Waals surface area contributed by atoms with Gasteiger partial charge in [0.05, 0.1) is 10.4 Å². The van der Waals surface area contributed by atoms with Gasteiger partial charge in [-0.05, 0) is 188 Å². The summed E-state index contributed by atoms with van der Waals surface area (Å²) in [6.45, 7) is 34.8. The summed E-state index contributed by atoms with van der Waals surface area (Å²) in [5.74, 6) is 0. The van der Waals surface area contributed by atoms with E-state index in [1.807, 2.05) is 11.3 Å². The van der Waals surface area contributed by atoms with Gasteiger partial charge < -0.3 is 9.80 Å². The molecule has 66 heavy (non-hydrogen) atoms. The van der Waals surface area contributed by atoms with Crippen LogP contribution in [0.3, 0.4) is 0 Å². The van der Waals surface area contributed by atoms with Crippen molar-refractivity contribution in [3.63, 3.8) is 0 Å². The standard InChI is InChI=1S/C62H69BN2S/c1-36-28-52-55-53(29-36)65(49-33-43-40(30-37(49)2)57(3,4)22-25-60(43,9)10)51-35-45-42(59(7,8)24-27-62(45,13)14)32-47(51)63(55)46-31-41-44(61(11,12)26-23-58(41,5)6)34-50(46)64(52)48-20-17-19-39-38-18-15-16-21-54(38)66-56(39)48/h15-21,28-35H,22-27H2,1-14H3. The first-order valence-corrected chi connectivity index (χ1v) is 26.0. The van der Waals surface area contributed by atoms with Crippen LogP contribution in [0.1, 0.15) is 166 Å². The summed E-state index contributed by atoms with van der Waals surface area (Å²) < 4.78 is 2.70. The van der Waals surface area contributed by atoms with Crippen LogP contribution in [0.5, 0.6) is 0 Å². The predicted octanol–water partition coefficient (Wildman–Crippen LogP) is 15.8. The lowest BCUT2D eigenvalue weighted by Crippen LogP contribution is -2.62. The first-order chi connectivity index (χ1) is 31.0. The van der Waals surface area contributed by atoms with Crippen LogP contribution in [0, 0.1) is 13.8 Å². The van der Waals surface area contributed by atoms with E-state index in [2.05, 4.69) is 198 Å². The smallest absolute Gasteiger partial charge is 0.252 e. The van der Waals surface area contributed by atoms with Gasteiger partial charge in [-0.2, -0.15) is 0 Å². The monoisotopic (exact) mass is 885 g/mol. The molecule has 6 aromatic carbocycles. The van der Waals surface area contributed by atoms with Crippen molar-refractivity contribution in [2.45, 2.75) is 168 Å². The van der Waals surface area contributed by atoms with Crippen LogP contribution in [0.25, 0.3) is 20.2 Å². The molecule has 3 heterocycles.